The number of rotatable bonds is 2. The van der Waals surface area contributed by atoms with Crippen molar-refractivity contribution in [3.05, 3.63) is 48.3 Å². The van der Waals surface area contributed by atoms with Crippen LogP contribution in [0, 0.1) is 5.41 Å². The number of carbonyl (C=O) groups is 2. The van der Waals surface area contributed by atoms with Crippen molar-refractivity contribution in [2.45, 2.75) is 39.3 Å². The quantitative estimate of drug-likeness (QED) is 0.786. The second-order valence-corrected chi connectivity index (χ2v) is 9.13. The summed E-state index contributed by atoms with van der Waals surface area (Å²) in [6.07, 6.45) is 3.76. The third kappa shape index (κ3) is 3.84. The lowest BCUT2D eigenvalue weighted by molar-refractivity contribution is -0.132. The number of likely N-dealkylation sites (tertiary alicyclic amines) is 1. The van der Waals surface area contributed by atoms with Crippen LogP contribution < -0.4 is 4.74 Å². The minimum atomic E-state index is -0.238. The third-order valence-electron chi connectivity index (χ3n) is 5.57. The first-order chi connectivity index (χ1) is 13.7. The van der Waals surface area contributed by atoms with Crippen molar-refractivity contribution in [3.63, 3.8) is 0 Å². The van der Waals surface area contributed by atoms with Gasteiger partial charge in [0.2, 0.25) is 5.91 Å². The van der Waals surface area contributed by atoms with Crippen molar-refractivity contribution < 1.29 is 14.3 Å². The first kappa shape index (κ1) is 19.4. The van der Waals surface area contributed by atoms with E-state index in [4.69, 9.17) is 4.74 Å². The number of aromatic nitrogens is 1. The van der Waals surface area contributed by atoms with Crippen LogP contribution in [0.1, 0.15) is 37.6 Å². The Hall–Kier alpha value is -2.89. The van der Waals surface area contributed by atoms with Crippen molar-refractivity contribution in [2.75, 3.05) is 20.1 Å². The Morgan fingerprint density at radius 2 is 2.00 bits per heavy atom. The number of carbonyl (C=O) groups excluding carboxylic acids is 2. The molecule has 0 spiro atoms. The van der Waals surface area contributed by atoms with Crippen molar-refractivity contribution in [3.8, 4) is 16.9 Å². The Kier molecular flexibility index (Phi) is 4.81. The normalized spacial score (nSPS) is 21.3. The molecule has 0 N–H and O–H groups in total. The van der Waals surface area contributed by atoms with Gasteiger partial charge in [-0.05, 0) is 29.2 Å². The first-order valence-corrected chi connectivity index (χ1v) is 9.99. The number of amides is 2. The molecular formula is C23H27N3O3. The summed E-state index contributed by atoms with van der Waals surface area (Å²) in [5, 5.41) is 0. The van der Waals surface area contributed by atoms with E-state index in [0.717, 1.165) is 11.1 Å². The molecule has 2 atom stereocenters. The summed E-state index contributed by atoms with van der Waals surface area (Å²) in [5.74, 6) is 0.607. The lowest BCUT2D eigenvalue weighted by Crippen LogP contribution is -2.44. The molecule has 29 heavy (non-hydrogen) atoms. The maximum absolute atomic E-state index is 13.1. The summed E-state index contributed by atoms with van der Waals surface area (Å²) >= 11 is 0. The second-order valence-electron chi connectivity index (χ2n) is 9.13. The fraction of sp³-hybridized carbons (Fsp3) is 0.435. The molecule has 2 aromatic rings. The molecule has 1 aromatic heterocycles. The summed E-state index contributed by atoms with van der Waals surface area (Å²) in [7, 11) is 1.80. The number of hydrogen-bond donors (Lipinski definition) is 0. The van der Waals surface area contributed by atoms with Crippen LogP contribution in [0.15, 0.2) is 42.7 Å². The minimum absolute atomic E-state index is 0.0737. The van der Waals surface area contributed by atoms with Gasteiger partial charge in [0.25, 0.3) is 5.91 Å². The Morgan fingerprint density at radius 3 is 2.69 bits per heavy atom. The molecule has 1 saturated heterocycles. The smallest absolute Gasteiger partial charge is 0.257 e. The molecule has 1 aromatic carbocycles. The molecule has 2 aliphatic heterocycles. The number of hydrogen-bond acceptors (Lipinski definition) is 4. The van der Waals surface area contributed by atoms with Gasteiger partial charge in [-0.2, -0.15) is 0 Å². The van der Waals surface area contributed by atoms with Gasteiger partial charge in [0.05, 0.1) is 18.2 Å². The summed E-state index contributed by atoms with van der Waals surface area (Å²) in [5.41, 5.74) is 2.40. The second kappa shape index (κ2) is 7.17. The van der Waals surface area contributed by atoms with Crippen molar-refractivity contribution in [1.82, 2.24) is 14.8 Å². The van der Waals surface area contributed by atoms with Gasteiger partial charge < -0.3 is 14.5 Å². The van der Waals surface area contributed by atoms with Crippen molar-refractivity contribution in [1.29, 1.82) is 0 Å². The van der Waals surface area contributed by atoms with Crippen LogP contribution in [-0.2, 0) is 4.79 Å². The summed E-state index contributed by atoms with van der Waals surface area (Å²) in [4.78, 5) is 33.5. The fourth-order valence-electron chi connectivity index (χ4n) is 4.03. The van der Waals surface area contributed by atoms with Gasteiger partial charge in [-0.25, -0.2) is 0 Å². The van der Waals surface area contributed by atoms with Crippen LogP contribution in [-0.4, -0.2) is 58.9 Å². The molecule has 6 nitrogen and oxygen atoms in total. The average Bonchev–Trinajstić information content (AvgIpc) is 3.06. The molecule has 0 radical (unpaired) electrons. The Labute approximate surface area is 171 Å². The van der Waals surface area contributed by atoms with Gasteiger partial charge in [-0.15, -0.1) is 0 Å². The van der Waals surface area contributed by atoms with Crippen LogP contribution in [0.3, 0.4) is 0 Å². The first-order valence-electron chi connectivity index (χ1n) is 9.99. The van der Waals surface area contributed by atoms with E-state index in [1.54, 1.807) is 24.3 Å². The molecule has 2 aliphatic rings. The van der Waals surface area contributed by atoms with E-state index < -0.39 is 0 Å². The maximum atomic E-state index is 13.1. The number of pyridine rings is 1. The zero-order chi connectivity index (χ0) is 20.8. The zero-order valence-electron chi connectivity index (χ0n) is 17.4. The van der Waals surface area contributed by atoms with Gasteiger partial charge in [0.1, 0.15) is 11.9 Å². The van der Waals surface area contributed by atoms with Crippen LogP contribution in [0.25, 0.3) is 11.1 Å². The highest BCUT2D eigenvalue weighted by Gasteiger charge is 2.44. The number of nitrogens with zero attached hydrogens (tertiary/aromatic N) is 3. The highest BCUT2D eigenvalue weighted by atomic mass is 16.5. The van der Waals surface area contributed by atoms with E-state index in [1.807, 2.05) is 35.2 Å². The number of ether oxygens (including phenoxy) is 1. The van der Waals surface area contributed by atoms with Gasteiger partial charge >= 0.3 is 0 Å². The van der Waals surface area contributed by atoms with E-state index >= 15 is 0 Å². The molecule has 3 heterocycles. The zero-order valence-corrected chi connectivity index (χ0v) is 17.4. The SMILES string of the molecule is CN1C(=O)c2ccc(-c3cccnc3)cc2O[C@H]2CN(C(=O)CC(C)(C)C)C[C@H]21. The van der Waals surface area contributed by atoms with E-state index in [0.29, 0.717) is 30.8 Å². The van der Waals surface area contributed by atoms with E-state index in [-0.39, 0.29) is 29.4 Å². The molecule has 0 unspecified atom stereocenters. The highest BCUT2D eigenvalue weighted by Crippen LogP contribution is 2.34. The molecule has 0 saturated carbocycles. The van der Waals surface area contributed by atoms with Crippen molar-refractivity contribution >= 4 is 11.8 Å². The molecule has 0 bridgehead atoms. The van der Waals surface area contributed by atoms with Crippen LogP contribution in [0.2, 0.25) is 0 Å². The van der Waals surface area contributed by atoms with Crippen LogP contribution >= 0.6 is 0 Å². The third-order valence-corrected chi connectivity index (χ3v) is 5.57. The Morgan fingerprint density at radius 1 is 1.21 bits per heavy atom. The number of fused-ring (bicyclic) bond motifs is 2. The topological polar surface area (TPSA) is 62.7 Å². The van der Waals surface area contributed by atoms with Gasteiger partial charge in [-0.1, -0.05) is 32.9 Å². The van der Waals surface area contributed by atoms with E-state index in [9.17, 15) is 9.59 Å². The monoisotopic (exact) mass is 393 g/mol. The summed E-state index contributed by atoms with van der Waals surface area (Å²) < 4.78 is 6.32. The summed E-state index contributed by atoms with van der Waals surface area (Å²) in [6.45, 7) is 7.17. The predicted molar refractivity (Wildman–Crippen MR) is 111 cm³/mol. The number of likely N-dealkylation sites (N-methyl/N-ethyl adjacent to an activating group) is 1. The number of benzene rings is 1. The largest absolute Gasteiger partial charge is 0.485 e. The predicted octanol–water partition coefficient (Wildman–Crippen LogP) is 3.23. The van der Waals surface area contributed by atoms with Crippen LogP contribution in [0.5, 0.6) is 5.75 Å². The van der Waals surface area contributed by atoms with E-state index in [2.05, 4.69) is 25.8 Å². The highest BCUT2D eigenvalue weighted by molar-refractivity contribution is 5.98. The Bertz CT molecular complexity index is 936. The molecule has 0 aliphatic carbocycles. The van der Waals surface area contributed by atoms with Gasteiger partial charge in [0.15, 0.2) is 0 Å². The minimum Gasteiger partial charge on any atom is -0.485 e. The Balaban J connectivity index is 1.62. The van der Waals surface area contributed by atoms with Crippen molar-refractivity contribution in [2.24, 2.45) is 5.41 Å². The lowest BCUT2D eigenvalue weighted by atomic mass is 9.92. The molecular weight excluding hydrogens is 366 g/mol. The summed E-state index contributed by atoms with van der Waals surface area (Å²) in [6, 6.07) is 9.35. The molecule has 152 valence electrons. The molecule has 4 rings (SSSR count). The van der Waals surface area contributed by atoms with E-state index in [1.165, 1.54) is 0 Å². The maximum Gasteiger partial charge on any atom is 0.257 e. The molecule has 1 fully saturated rings. The fourth-order valence-corrected chi connectivity index (χ4v) is 4.03. The van der Waals surface area contributed by atoms with Gasteiger partial charge in [-0.3, -0.25) is 14.6 Å². The molecule has 2 amide bonds. The standard InChI is InChI=1S/C23H27N3O3/c1-23(2,3)11-21(27)26-13-18-20(14-26)29-19-10-15(16-6-5-9-24-12-16)7-8-17(19)22(28)25(18)4/h5-10,12,18,20H,11,13-14H2,1-4H3/t18-,20+/m1/s1. The van der Waals surface area contributed by atoms with Crippen LogP contribution in [0.4, 0.5) is 0 Å². The lowest BCUT2D eigenvalue weighted by Gasteiger charge is -2.25. The average molecular weight is 393 g/mol. The molecule has 6 heteroatoms. The van der Waals surface area contributed by atoms with Gasteiger partial charge in [0, 0.05) is 38.0 Å².